The number of carbonyl (C=O) groups excluding carboxylic acids is 1. The summed E-state index contributed by atoms with van der Waals surface area (Å²) in [5.74, 6) is -0.186. The van der Waals surface area contributed by atoms with Crippen molar-refractivity contribution in [1.82, 2.24) is 9.80 Å². The Morgan fingerprint density at radius 1 is 1.00 bits per heavy atom. The summed E-state index contributed by atoms with van der Waals surface area (Å²) in [6.45, 7) is 5.81. The molecule has 0 atom stereocenters. The fourth-order valence-corrected chi connectivity index (χ4v) is 2.28. The van der Waals surface area contributed by atoms with Crippen LogP contribution >= 0.6 is 0 Å². The fourth-order valence-electron chi connectivity index (χ4n) is 2.28. The van der Waals surface area contributed by atoms with Crippen molar-refractivity contribution in [2.45, 2.75) is 6.17 Å². The first-order valence-corrected chi connectivity index (χ1v) is 6.04. The smallest absolute Gasteiger partial charge is 0.338 e. The van der Waals surface area contributed by atoms with E-state index in [4.69, 9.17) is 14.2 Å². The lowest BCUT2D eigenvalue weighted by atomic mass is 10.3. The molecule has 0 aromatic heterocycles. The van der Waals surface area contributed by atoms with Crippen LogP contribution in [0.4, 0.5) is 0 Å². The lowest BCUT2D eigenvalue weighted by Gasteiger charge is -2.40. The topological polar surface area (TPSA) is 51.2 Å². The Labute approximate surface area is 101 Å². The van der Waals surface area contributed by atoms with Crippen LogP contribution in [0.25, 0.3) is 0 Å². The summed E-state index contributed by atoms with van der Waals surface area (Å²) in [6, 6.07) is 0. The Bertz CT molecular complexity index is 232. The molecule has 2 saturated heterocycles. The maximum absolute atomic E-state index is 11.9. The zero-order valence-electron chi connectivity index (χ0n) is 10.3. The lowest BCUT2D eigenvalue weighted by Crippen LogP contribution is -2.59. The Hall–Kier alpha value is -0.690. The van der Waals surface area contributed by atoms with Gasteiger partial charge in [0, 0.05) is 26.2 Å². The molecule has 0 aromatic rings. The van der Waals surface area contributed by atoms with Gasteiger partial charge in [-0.15, -0.1) is 0 Å². The van der Waals surface area contributed by atoms with Crippen LogP contribution in [0.1, 0.15) is 0 Å². The van der Waals surface area contributed by atoms with E-state index in [9.17, 15) is 4.79 Å². The van der Waals surface area contributed by atoms with Crippen LogP contribution in [0.5, 0.6) is 0 Å². The van der Waals surface area contributed by atoms with Crippen molar-refractivity contribution in [3.63, 3.8) is 0 Å². The zero-order valence-corrected chi connectivity index (χ0v) is 10.3. The number of methoxy groups -OCH3 is 1. The SMILES string of the molecule is COC(=O)C(N1CCOCC1)N1CCOCC1. The highest BCUT2D eigenvalue weighted by Gasteiger charge is 2.34. The van der Waals surface area contributed by atoms with Crippen LogP contribution in [0.15, 0.2) is 0 Å². The average molecular weight is 244 g/mol. The second-order valence-corrected chi connectivity index (χ2v) is 4.19. The number of esters is 1. The molecule has 0 saturated carbocycles. The highest BCUT2D eigenvalue weighted by molar-refractivity contribution is 5.75. The normalized spacial score (nSPS) is 23.9. The molecule has 2 fully saturated rings. The summed E-state index contributed by atoms with van der Waals surface area (Å²) >= 11 is 0. The molecule has 0 N–H and O–H groups in total. The lowest BCUT2D eigenvalue weighted by molar-refractivity contribution is -0.161. The van der Waals surface area contributed by atoms with Crippen molar-refractivity contribution in [1.29, 1.82) is 0 Å². The Morgan fingerprint density at radius 2 is 1.41 bits per heavy atom. The Kier molecular flexibility index (Phi) is 4.73. The third-order valence-corrected chi connectivity index (χ3v) is 3.20. The highest BCUT2D eigenvalue weighted by atomic mass is 16.5. The predicted octanol–water partition coefficient (Wildman–Crippen LogP) is -0.850. The van der Waals surface area contributed by atoms with Gasteiger partial charge in [-0.1, -0.05) is 0 Å². The number of nitrogens with zero attached hydrogens (tertiary/aromatic N) is 2. The van der Waals surface area contributed by atoms with Gasteiger partial charge in [-0.2, -0.15) is 0 Å². The van der Waals surface area contributed by atoms with Gasteiger partial charge in [0.25, 0.3) is 0 Å². The molecule has 0 aliphatic carbocycles. The first-order valence-electron chi connectivity index (χ1n) is 6.04. The van der Waals surface area contributed by atoms with E-state index >= 15 is 0 Å². The van der Waals surface area contributed by atoms with Gasteiger partial charge < -0.3 is 14.2 Å². The van der Waals surface area contributed by atoms with Gasteiger partial charge in [0.05, 0.1) is 33.5 Å². The maximum atomic E-state index is 11.9. The second kappa shape index (κ2) is 6.30. The molecule has 0 radical (unpaired) electrons. The fraction of sp³-hybridized carbons (Fsp3) is 0.909. The van der Waals surface area contributed by atoms with E-state index in [1.165, 1.54) is 7.11 Å². The van der Waals surface area contributed by atoms with E-state index in [-0.39, 0.29) is 12.1 Å². The van der Waals surface area contributed by atoms with Crippen molar-refractivity contribution in [3.05, 3.63) is 0 Å². The predicted molar refractivity (Wildman–Crippen MR) is 60.6 cm³/mol. The summed E-state index contributed by atoms with van der Waals surface area (Å²) in [6.07, 6.45) is -0.284. The number of morpholine rings is 2. The minimum absolute atomic E-state index is 0.186. The molecule has 98 valence electrons. The minimum atomic E-state index is -0.284. The molecule has 0 spiro atoms. The molecule has 6 nitrogen and oxygen atoms in total. The molecule has 17 heavy (non-hydrogen) atoms. The van der Waals surface area contributed by atoms with Gasteiger partial charge in [-0.05, 0) is 0 Å². The van der Waals surface area contributed by atoms with E-state index in [0.717, 1.165) is 26.2 Å². The quantitative estimate of drug-likeness (QED) is 0.603. The maximum Gasteiger partial charge on any atom is 0.338 e. The van der Waals surface area contributed by atoms with E-state index in [1.54, 1.807) is 0 Å². The van der Waals surface area contributed by atoms with Crippen LogP contribution in [-0.2, 0) is 19.0 Å². The molecule has 6 heteroatoms. The summed E-state index contributed by atoms with van der Waals surface area (Å²) < 4.78 is 15.5. The van der Waals surface area contributed by atoms with Crippen molar-refractivity contribution < 1.29 is 19.0 Å². The molecule has 0 aromatic carbocycles. The van der Waals surface area contributed by atoms with Gasteiger partial charge in [0.1, 0.15) is 0 Å². The summed E-state index contributed by atoms with van der Waals surface area (Å²) in [7, 11) is 1.44. The number of hydrogen-bond acceptors (Lipinski definition) is 6. The first-order chi connectivity index (χ1) is 8.33. The van der Waals surface area contributed by atoms with E-state index in [2.05, 4.69) is 9.80 Å². The molecule has 2 heterocycles. The van der Waals surface area contributed by atoms with E-state index in [1.807, 2.05) is 0 Å². The minimum Gasteiger partial charge on any atom is -0.467 e. The molecule has 0 bridgehead atoms. The number of ether oxygens (including phenoxy) is 3. The van der Waals surface area contributed by atoms with Gasteiger partial charge in [-0.3, -0.25) is 9.80 Å². The largest absolute Gasteiger partial charge is 0.467 e. The molecular weight excluding hydrogens is 224 g/mol. The van der Waals surface area contributed by atoms with Crippen LogP contribution in [0.2, 0.25) is 0 Å². The second-order valence-electron chi connectivity index (χ2n) is 4.19. The van der Waals surface area contributed by atoms with Crippen LogP contribution in [0.3, 0.4) is 0 Å². The summed E-state index contributed by atoms with van der Waals surface area (Å²) in [5.41, 5.74) is 0. The molecule has 2 rings (SSSR count). The number of hydrogen-bond donors (Lipinski definition) is 0. The third-order valence-electron chi connectivity index (χ3n) is 3.20. The van der Waals surface area contributed by atoms with Crippen molar-refractivity contribution >= 4 is 5.97 Å². The first kappa shape index (κ1) is 12.8. The van der Waals surface area contributed by atoms with Gasteiger partial charge in [0.2, 0.25) is 0 Å². The molecular formula is C11H20N2O4. The van der Waals surface area contributed by atoms with Gasteiger partial charge in [0.15, 0.2) is 6.17 Å². The van der Waals surface area contributed by atoms with E-state index in [0.29, 0.717) is 26.4 Å². The number of rotatable bonds is 3. The monoisotopic (exact) mass is 244 g/mol. The molecule has 2 aliphatic rings. The highest BCUT2D eigenvalue weighted by Crippen LogP contribution is 2.12. The number of carbonyl (C=O) groups is 1. The Morgan fingerprint density at radius 3 is 1.76 bits per heavy atom. The van der Waals surface area contributed by atoms with Crippen molar-refractivity contribution in [3.8, 4) is 0 Å². The molecule has 0 unspecified atom stereocenters. The van der Waals surface area contributed by atoms with Crippen LogP contribution in [-0.4, -0.2) is 81.7 Å². The Balaban J connectivity index is 2.02. The van der Waals surface area contributed by atoms with Crippen molar-refractivity contribution in [2.24, 2.45) is 0 Å². The zero-order chi connectivity index (χ0) is 12.1. The third kappa shape index (κ3) is 3.16. The summed E-state index contributed by atoms with van der Waals surface area (Å²) in [4.78, 5) is 16.2. The molecule has 0 amide bonds. The van der Waals surface area contributed by atoms with Crippen molar-refractivity contribution in [2.75, 3.05) is 59.7 Å². The van der Waals surface area contributed by atoms with Gasteiger partial charge >= 0.3 is 5.97 Å². The van der Waals surface area contributed by atoms with Crippen LogP contribution in [0, 0.1) is 0 Å². The van der Waals surface area contributed by atoms with E-state index < -0.39 is 0 Å². The standard InChI is InChI=1S/C11H20N2O4/c1-15-11(14)10(12-2-6-16-7-3-12)13-4-8-17-9-5-13/h10H,2-9H2,1H3. The van der Waals surface area contributed by atoms with Gasteiger partial charge in [-0.25, -0.2) is 4.79 Å². The average Bonchev–Trinajstić information content (AvgIpc) is 2.41. The summed E-state index contributed by atoms with van der Waals surface area (Å²) in [5, 5.41) is 0. The molecule has 2 aliphatic heterocycles. The van der Waals surface area contributed by atoms with Crippen LogP contribution < -0.4 is 0 Å².